The van der Waals surface area contributed by atoms with Gasteiger partial charge in [-0.1, -0.05) is 0 Å². The Morgan fingerprint density at radius 1 is 1.43 bits per heavy atom. The van der Waals surface area contributed by atoms with Gasteiger partial charge in [-0.2, -0.15) is 0 Å². The van der Waals surface area contributed by atoms with E-state index in [0.29, 0.717) is 18.0 Å². The van der Waals surface area contributed by atoms with Crippen LogP contribution < -0.4 is 15.4 Å². The number of carbonyl (C=O) groups excluding carboxylic acids is 1. The van der Waals surface area contributed by atoms with E-state index in [0.717, 1.165) is 31.7 Å². The molecular weight excluding hydrogens is 312 g/mol. The van der Waals surface area contributed by atoms with Crippen LogP contribution in [0.5, 0.6) is 5.75 Å². The first kappa shape index (κ1) is 18.2. The minimum absolute atomic E-state index is 0. The van der Waals surface area contributed by atoms with Crippen LogP contribution in [0.3, 0.4) is 0 Å². The van der Waals surface area contributed by atoms with Crippen molar-refractivity contribution in [2.24, 2.45) is 5.41 Å². The van der Waals surface area contributed by atoms with Gasteiger partial charge in [0.15, 0.2) is 0 Å². The quantitative estimate of drug-likeness (QED) is 0.834. The monoisotopic (exact) mass is 334 g/mol. The molecule has 120 valence electrons. The van der Waals surface area contributed by atoms with Gasteiger partial charge in [0.1, 0.15) is 5.75 Å². The molecule has 1 fully saturated rings. The lowest BCUT2D eigenvalue weighted by molar-refractivity contribution is 0.0512. The molecule has 7 heteroatoms. The first-order chi connectivity index (χ1) is 9.69. The second-order valence-corrected chi connectivity index (χ2v) is 6.13. The summed E-state index contributed by atoms with van der Waals surface area (Å²) in [6.45, 7) is 3.29. The Balaban J connectivity index is 0.00000220. The fourth-order valence-electron chi connectivity index (χ4n) is 2.54. The van der Waals surface area contributed by atoms with Crippen molar-refractivity contribution in [1.82, 2.24) is 10.6 Å². The van der Waals surface area contributed by atoms with E-state index in [1.54, 1.807) is 20.3 Å². The molecule has 0 aliphatic carbocycles. The van der Waals surface area contributed by atoms with Crippen LogP contribution in [0.4, 0.5) is 0 Å². The predicted molar refractivity (Wildman–Crippen MR) is 86.9 cm³/mol. The molecule has 21 heavy (non-hydrogen) atoms. The molecule has 2 rings (SSSR count). The van der Waals surface area contributed by atoms with Crippen LogP contribution in [0.15, 0.2) is 11.4 Å². The molecule has 1 saturated heterocycles. The molecule has 1 aliphatic heterocycles. The fraction of sp³-hybridized carbons (Fsp3) is 0.643. The Hall–Kier alpha value is -0.820. The van der Waals surface area contributed by atoms with Crippen molar-refractivity contribution in [3.63, 3.8) is 0 Å². The average molecular weight is 335 g/mol. The number of ether oxygens (including phenoxy) is 2. The molecule has 0 saturated carbocycles. The van der Waals surface area contributed by atoms with Crippen molar-refractivity contribution in [3.8, 4) is 5.75 Å². The van der Waals surface area contributed by atoms with E-state index in [1.165, 1.54) is 11.3 Å². The first-order valence-corrected chi connectivity index (χ1v) is 7.67. The van der Waals surface area contributed by atoms with Gasteiger partial charge in [0.2, 0.25) is 0 Å². The van der Waals surface area contributed by atoms with Crippen LogP contribution in [0.1, 0.15) is 22.5 Å². The lowest BCUT2D eigenvalue weighted by atomic mass is 9.79. The van der Waals surface area contributed by atoms with E-state index in [-0.39, 0.29) is 23.7 Å². The number of carbonyl (C=O) groups is 1. The minimum Gasteiger partial charge on any atom is -0.496 e. The fourth-order valence-corrected chi connectivity index (χ4v) is 3.31. The normalized spacial score (nSPS) is 16.9. The molecule has 5 nitrogen and oxygen atoms in total. The maximum atomic E-state index is 12.2. The highest BCUT2D eigenvalue weighted by Crippen LogP contribution is 2.28. The van der Waals surface area contributed by atoms with E-state index in [1.807, 2.05) is 5.38 Å². The summed E-state index contributed by atoms with van der Waals surface area (Å²) < 4.78 is 10.4. The van der Waals surface area contributed by atoms with Gasteiger partial charge in [-0.15, -0.1) is 23.7 Å². The maximum Gasteiger partial charge on any atom is 0.261 e. The summed E-state index contributed by atoms with van der Waals surface area (Å²) in [5.41, 5.74) is 0.0526. The van der Waals surface area contributed by atoms with Gasteiger partial charge in [-0.25, -0.2) is 0 Å². The van der Waals surface area contributed by atoms with Crippen molar-refractivity contribution in [3.05, 3.63) is 16.3 Å². The number of piperidine rings is 1. The Morgan fingerprint density at radius 3 is 2.71 bits per heavy atom. The number of amides is 1. The summed E-state index contributed by atoms with van der Waals surface area (Å²) in [5.74, 6) is 0.695. The van der Waals surface area contributed by atoms with E-state index in [2.05, 4.69) is 10.6 Å². The Bertz CT molecular complexity index is 442. The number of nitrogens with one attached hydrogen (secondary N) is 2. The average Bonchev–Trinajstić information content (AvgIpc) is 2.95. The summed E-state index contributed by atoms with van der Waals surface area (Å²) in [6, 6.07) is 1.77. The predicted octanol–water partition coefficient (Wildman–Crippen LogP) is 1.92. The summed E-state index contributed by atoms with van der Waals surface area (Å²) in [5, 5.41) is 8.22. The van der Waals surface area contributed by atoms with Gasteiger partial charge in [0, 0.05) is 30.5 Å². The minimum atomic E-state index is -0.0349. The molecule has 0 bridgehead atoms. The standard InChI is InChI=1S/C14H22N2O3S.ClH/c1-18-10-14(3-5-15-6-4-14)9-16-13(17)12-7-11(19-2)8-20-12;/h7-8,15H,3-6,9-10H2,1-2H3,(H,16,17);1H. The van der Waals surface area contributed by atoms with Crippen LogP contribution >= 0.6 is 23.7 Å². The zero-order chi connectivity index (χ0) is 14.4. The summed E-state index contributed by atoms with van der Waals surface area (Å²) in [4.78, 5) is 12.8. The first-order valence-electron chi connectivity index (χ1n) is 6.79. The van der Waals surface area contributed by atoms with Gasteiger partial charge in [0.25, 0.3) is 5.91 Å². The molecule has 0 unspecified atom stereocenters. The van der Waals surface area contributed by atoms with Gasteiger partial charge in [0.05, 0.1) is 18.6 Å². The molecule has 0 radical (unpaired) electrons. The maximum absolute atomic E-state index is 12.2. The molecule has 2 heterocycles. The largest absolute Gasteiger partial charge is 0.496 e. The molecule has 0 atom stereocenters. The van der Waals surface area contributed by atoms with Gasteiger partial charge < -0.3 is 20.1 Å². The Labute approximate surface area is 135 Å². The van der Waals surface area contributed by atoms with Crippen molar-refractivity contribution < 1.29 is 14.3 Å². The van der Waals surface area contributed by atoms with Crippen molar-refractivity contribution in [2.45, 2.75) is 12.8 Å². The van der Waals surface area contributed by atoms with Crippen LogP contribution in [0.2, 0.25) is 0 Å². The highest BCUT2D eigenvalue weighted by Gasteiger charge is 2.32. The lowest BCUT2D eigenvalue weighted by Gasteiger charge is -2.37. The zero-order valence-corrected chi connectivity index (χ0v) is 14.1. The van der Waals surface area contributed by atoms with E-state index < -0.39 is 0 Å². The molecule has 1 aliphatic rings. The van der Waals surface area contributed by atoms with Gasteiger partial charge in [-0.3, -0.25) is 4.79 Å². The Kier molecular flexibility index (Phi) is 7.45. The van der Waals surface area contributed by atoms with Gasteiger partial charge >= 0.3 is 0 Å². The highest BCUT2D eigenvalue weighted by atomic mass is 35.5. The number of hydrogen-bond donors (Lipinski definition) is 2. The van der Waals surface area contributed by atoms with Crippen LogP contribution in [-0.4, -0.2) is 46.4 Å². The molecular formula is C14H23ClN2O3S. The number of thiophene rings is 1. The van der Waals surface area contributed by atoms with Crippen molar-refractivity contribution >= 4 is 29.7 Å². The number of rotatable bonds is 6. The summed E-state index contributed by atoms with van der Waals surface area (Å²) in [7, 11) is 3.32. The number of hydrogen-bond acceptors (Lipinski definition) is 5. The third-order valence-corrected chi connectivity index (χ3v) is 4.68. The van der Waals surface area contributed by atoms with Gasteiger partial charge in [-0.05, 0) is 25.9 Å². The number of methoxy groups -OCH3 is 2. The molecule has 0 spiro atoms. The summed E-state index contributed by atoms with van der Waals surface area (Å²) in [6.07, 6.45) is 2.05. The van der Waals surface area contributed by atoms with E-state index >= 15 is 0 Å². The lowest BCUT2D eigenvalue weighted by Crippen LogP contribution is -2.47. The van der Waals surface area contributed by atoms with Crippen molar-refractivity contribution in [1.29, 1.82) is 0 Å². The second-order valence-electron chi connectivity index (χ2n) is 5.22. The SMILES string of the molecule is COCC1(CNC(=O)c2cc(OC)cs2)CCNCC1.Cl. The van der Waals surface area contributed by atoms with E-state index in [9.17, 15) is 4.79 Å². The molecule has 1 aromatic rings. The van der Waals surface area contributed by atoms with Crippen LogP contribution in [0, 0.1) is 5.41 Å². The van der Waals surface area contributed by atoms with Crippen LogP contribution in [0.25, 0.3) is 0 Å². The number of halogens is 1. The smallest absolute Gasteiger partial charge is 0.261 e. The third-order valence-electron chi connectivity index (χ3n) is 3.77. The molecule has 0 aromatic carbocycles. The molecule has 1 aromatic heterocycles. The van der Waals surface area contributed by atoms with Crippen molar-refractivity contribution in [2.75, 3.05) is 40.5 Å². The topological polar surface area (TPSA) is 59.6 Å². The Morgan fingerprint density at radius 2 is 2.14 bits per heavy atom. The molecule has 1 amide bonds. The molecule has 2 N–H and O–H groups in total. The third kappa shape index (κ3) is 4.85. The van der Waals surface area contributed by atoms with Crippen LogP contribution in [-0.2, 0) is 4.74 Å². The summed E-state index contributed by atoms with van der Waals surface area (Å²) >= 11 is 1.40. The van der Waals surface area contributed by atoms with E-state index in [4.69, 9.17) is 9.47 Å². The zero-order valence-electron chi connectivity index (χ0n) is 12.4. The highest BCUT2D eigenvalue weighted by molar-refractivity contribution is 7.12. The second kappa shape index (κ2) is 8.58.